The minimum Gasteiger partial charge on any atom is -0.388 e. The van der Waals surface area contributed by atoms with Crippen LogP contribution in [0.15, 0.2) is 12.1 Å². The molecule has 2 unspecified atom stereocenters. The summed E-state index contributed by atoms with van der Waals surface area (Å²) in [4.78, 5) is 12.1. The predicted molar refractivity (Wildman–Crippen MR) is 75.2 cm³/mol. The third kappa shape index (κ3) is 1.77. The first-order valence-electron chi connectivity index (χ1n) is 7.29. The van der Waals surface area contributed by atoms with Crippen molar-refractivity contribution in [2.45, 2.75) is 58.0 Å². The van der Waals surface area contributed by atoms with Crippen molar-refractivity contribution in [1.82, 2.24) is 0 Å². The van der Waals surface area contributed by atoms with Crippen LogP contribution in [-0.4, -0.2) is 10.9 Å². The third-order valence-electron chi connectivity index (χ3n) is 5.15. The lowest BCUT2D eigenvalue weighted by atomic mass is 9.68. The summed E-state index contributed by atoms with van der Waals surface area (Å²) in [5.41, 5.74) is 4.58. The van der Waals surface area contributed by atoms with Crippen molar-refractivity contribution < 1.29 is 9.90 Å². The minimum atomic E-state index is -0.364. The first-order chi connectivity index (χ1) is 8.93. The number of rotatable bonds is 0. The van der Waals surface area contributed by atoms with E-state index in [1.54, 1.807) is 0 Å². The van der Waals surface area contributed by atoms with Crippen molar-refractivity contribution in [1.29, 1.82) is 0 Å². The van der Waals surface area contributed by atoms with Crippen LogP contribution in [0.1, 0.15) is 62.0 Å². The quantitative estimate of drug-likeness (QED) is 0.776. The molecule has 0 amide bonds. The fourth-order valence-corrected chi connectivity index (χ4v) is 3.69. The summed E-state index contributed by atoms with van der Waals surface area (Å²) >= 11 is 0. The topological polar surface area (TPSA) is 37.3 Å². The molecule has 2 aliphatic rings. The summed E-state index contributed by atoms with van der Waals surface area (Å²) in [6.07, 6.45) is 3.24. The maximum atomic E-state index is 12.1. The first-order valence-corrected chi connectivity index (χ1v) is 7.29. The highest BCUT2D eigenvalue weighted by Crippen LogP contribution is 2.42. The molecule has 19 heavy (non-hydrogen) atoms. The van der Waals surface area contributed by atoms with Gasteiger partial charge in [0.05, 0.1) is 6.10 Å². The molecule has 0 saturated carbocycles. The molecule has 2 heteroatoms. The van der Waals surface area contributed by atoms with E-state index in [4.69, 9.17) is 0 Å². The summed E-state index contributed by atoms with van der Waals surface area (Å²) in [6.45, 7) is 6.17. The molecule has 0 saturated heterocycles. The Morgan fingerprint density at radius 1 is 1.16 bits per heavy atom. The standard InChI is InChI=1S/C17H22O2/c1-10-4-5-11-12-7-9-15(18)17(2,3)14(12)8-6-13(11)16(10)19/h6,8,10,16,19H,4-5,7,9H2,1-3H3. The van der Waals surface area contributed by atoms with E-state index in [0.29, 0.717) is 18.1 Å². The van der Waals surface area contributed by atoms with E-state index in [2.05, 4.69) is 19.1 Å². The summed E-state index contributed by atoms with van der Waals surface area (Å²) in [5, 5.41) is 10.3. The van der Waals surface area contributed by atoms with Gasteiger partial charge in [-0.15, -0.1) is 0 Å². The maximum Gasteiger partial charge on any atom is 0.143 e. The Labute approximate surface area is 114 Å². The number of hydrogen-bond donors (Lipinski definition) is 1. The highest BCUT2D eigenvalue weighted by molar-refractivity contribution is 5.91. The number of carbonyl (C=O) groups is 1. The van der Waals surface area contributed by atoms with Gasteiger partial charge in [-0.3, -0.25) is 4.79 Å². The van der Waals surface area contributed by atoms with E-state index in [1.807, 2.05) is 13.8 Å². The van der Waals surface area contributed by atoms with Crippen molar-refractivity contribution in [2.24, 2.45) is 5.92 Å². The zero-order valence-corrected chi connectivity index (χ0v) is 12.0. The van der Waals surface area contributed by atoms with Gasteiger partial charge in [-0.2, -0.15) is 0 Å². The molecule has 2 aliphatic carbocycles. The molecule has 1 aromatic rings. The lowest BCUT2D eigenvalue weighted by Crippen LogP contribution is -2.35. The smallest absolute Gasteiger partial charge is 0.143 e. The Hall–Kier alpha value is -1.15. The summed E-state index contributed by atoms with van der Waals surface area (Å²) < 4.78 is 0. The summed E-state index contributed by atoms with van der Waals surface area (Å²) in [5.74, 6) is 0.674. The van der Waals surface area contributed by atoms with Crippen molar-refractivity contribution >= 4 is 5.78 Å². The minimum absolute atomic E-state index is 0.337. The summed E-state index contributed by atoms with van der Waals surface area (Å²) in [7, 11) is 0. The molecule has 0 fully saturated rings. The number of benzene rings is 1. The van der Waals surface area contributed by atoms with Gasteiger partial charge in [-0.1, -0.05) is 19.1 Å². The molecule has 0 aliphatic heterocycles. The number of fused-ring (bicyclic) bond motifs is 3. The second kappa shape index (κ2) is 4.17. The van der Waals surface area contributed by atoms with Crippen molar-refractivity contribution in [3.8, 4) is 0 Å². The number of carbonyl (C=O) groups excluding carboxylic acids is 1. The van der Waals surface area contributed by atoms with Crippen LogP contribution in [0.5, 0.6) is 0 Å². The molecule has 0 bridgehead atoms. The second-order valence-corrected chi connectivity index (χ2v) is 6.67. The van der Waals surface area contributed by atoms with Gasteiger partial charge in [0.2, 0.25) is 0 Å². The largest absolute Gasteiger partial charge is 0.388 e. The Kier molecular flexibility index (Phi) is 2.82. The maximum absolute atomic E-state index is 12.1. The molecule has 0 spiro atoms. The Bertz CT molecular complexity index is 542. The van der Waals surface area contributed by atoms with Gasteiger partial charge in [-0.25, -0.2) is 0 Å². The van der Waals surface area contributed by atoms with Crippen molar-refractivity contribution in [2.75, 3.05) is 0 Å². The molecule has 102 valence electrons. The number of ketones is 1. The number of Topliss-reactive ketones (excluding diaryl/α,β-unsaturated/α-hetero) is 1. The Balaban J connectivity index is 2.17. The van der Waals surface area contributed by atoms with Gasteiger partial charge in [-0.05, 0) is 61.3 Å². The molecule has 1 N–H and O–H groups in total. The molecule has 0 radical (unpaired) electrons. The number of aliphatic hydroxyl groups excluding tert-OH is 1. The molecule has 2 atom stereocenters. The van der Waals surface area contributed by atoms with E-state index in [-0.39, 0.29) is 11.5 Å². The molecule has 1 aromatic carbocycles. The van der Waals surface area contributed by atoms with E-state index >= 15 is 0 Å². The number of aliphatic hydroxyl groups is 1. The van der Waals surface area contributed by atoms with Crippen LogP contribution in [-0.2, 0) is 23.1 Å². The predicted octanol–water partition coefficient (Wildman–Crippen LogP) is 3.10. The van der Waals surface area contributed by atoms with Crippen LogP contribution < -0.4 is 0 Å². The van der Waals surface area contributed by atoms with Gasteiger partial charge >= 0.3 is 0 Å². The van der Waals surface area contributed by atoms with Crippen LogP contribution in [0.4, 0.5) is 0 Å². The normalized spacial score (nSPS) is 28.7. The highest BCUT2D eigenvalue weighted by atomic mass is 16.3. The van der Waals surface area contributed by atoms with E-state index in [9.17, 15) is 9.90 Å². The highest BCUT2D eigenvalue weighted by Gasteiger charge is 2.38. The lowest BCUT2D eigenvalue weighted by Gasteiger charge is -2.36. The van der Waals surface area contributed by atoms with Crippen LogP contribution in [0.25, 0.3) is 0 Å². The Morgan fingerprint density at radius 2 is 1.89 bits per heavy atom. The third-order valence-corrected chi connectivity index (χ3v) is 5.15. The van der Waals surface area contributed by atoms with Crippen LogP contribution in [0.3, 0.4) is 0 Å². The van der Waals surface area contributed by atoms with Gasteiger partial charge in [0.25, 0.3) is 0 Å². The van der Waals surface area contributed by atoms with Gasteiger partial charge < -0.3 is 5.11 Å². The molecular weight excluding hydrogens is 236 g/mol. The molecular formula is C17H22O2. The van der Waals surface area contributed by atoms with Crippen LogP contribution >= 0.6 is 0 Å². The van der Waals surface area contributed by atoms with E-state index in [0.717, 1.165) is 24.8 Å². The average molecular weight is 258 g/mol. The fraction of sp³-hybridized carbons (Fsp3) is 0.588. The molecule has 0 heterocycles. The molecule has 3 rings (SSSR count). The van der Waals surface area contributed by atoms with Crippen molar-refractivity contribution in [3.63, 3.8) is 0 Å². The Morgan fingerprint density at radius 3 is 2.63 bits per heavy atom. The average Bonchev–Trinajstić information content (AvgIpc) is 2.38. The summed E-state index contributed by atoms with van der Waals surface area (Å²) in [6, 6.07) is 4.13. The van der Waals surface area contributed by atoms with Gasteiger partial charge in [0.1, 0.15) is 5.78 Å². The zero-order valence-electron chi connectivity index (χ0n) is 12.0. The SMILES string of the molecule is CC1CCc2c(ccc3c2CCC(=O)C3(C)C)C1O. The number of hydrogen-bond acceptors (Lipinski definition) is 2. The van der Waals surface area contributed by atoms with Crippen molar-refractivity contribution in [3.05, 3.63) is 34.4 Å². The van der Waals surface area contributed by atoms with Gasteiger partial charge in [0.15, 0.2) is 0 Å². The van der Waals surface area contributed by atoms with Crippen LogP contribution in [0.2, 0.25) is 0 Å². The second-order valence-electron chi connectivity index (χ2n) is 6.67. The van der Waals surface area contributed by atoms with Gasteiger partial charge in [0, 0.05) is 11.8 Å². The zero-order chi connectivity index (χ0) is 13.8. The van der Waals surface area contributed by atoms with Crippen LogP contribution in [0, 0.1) is 5.92 Å². The first kappa shape index (κ1) is 12.9. The van der Waals surface area contributed by atoms with E-state index < -0.39 is 0 Å². The monoisotopic (exact) mass is 258 g/mol. The molecule has 2 nitrogen and oxygen atoms in total. The van der Waals surface area contributed by atoms with E-state index in [1.165, 1.54) is 16.7 Å². The lowest BCUT2D eigenvalue weighted by molar-refractivity contribution is -0.124. The molecule has 0 aromatic heterocycles. The fourth-order valence-electron chi connectivity index (χ4n) is 3.69.